The van der Waals surface area contributed by atoms with Gasteiger partial charge in [-0.15, -0.1) is 0 Å². The van der Waals surface area contributed by atoms with Gasteiger partial charge >= 0.3 is 0 Å². The summed E-state index contributed by atoms with van der Waals surface area (Å²) in [6.07, 6.45) is 1.17. The van der Waals surface area contributed by atoms with E-state index in [1.807, 2.05) is 26.0 Å². The molecule has 0 aliphatic rings. The summed E-state index contributed by atoms with van der Waals surface area (Å²) in [6, 6.07) is 5.99. The number of nitrogens with two attached hydrogens (primary N) is 1. The Labute approximate surface area is 109 Å². The van der Waals surface area contributed by atoms with Crippen molar-refractivity contribution in [3.05, 3.63) is 29.3 Å². The van der Waals surface area contributed by atoms with Gasteiger partial charge in [0.1, 0.15) is 5.75 Å². The number of carbonyl (C=O) groups is 1. The van der Waals surface area contributed by atoms with Crippen LogP contribution >= 0.6 is 0 Å². The summed E-state index contributed by atoms with van der Waals surface area (Å²) in [7, 11) is 1.66. The van der Waals surface area contributed by atoms with Gasteiger partial charge in [0.15, 0.2) is 0 Å². The van der Waals surface area contributed by atoms with Crippen LogP contribution in [0.15, 0.2) is 18.2 Å². The fraction of sp³-hybridized carbons (Fsp3) is 0.500. The minimum Gasteiger partial charge on any atom is -0.496 e. The standard InChI is InChI=1S/C14H22N2O2/c1-10-4-5-12(9-13(10)18-3)6-7-16-14(17)8-11(2)15/h4-5,9,11H,6-8,15H2,1-3H3,(H,16,17). The summed E-state index contributed by atoms with van der Waals surface area (Å²) in [4.78, 5) is 11.4. The summed E-state index contributed by atoms with van der Waals surface area (Å²) in [5.74, 6) is 0.887. The number of hydrogen-bond donors (Lipinski definition) is 2. The van der Waals surface area contributed by atoms with Gasteiger partial charge in [-0.2, -0.15) is 0 Å². The Morgan fingerprint density at radius 3 is 2.83 bits per heavy atom. The highest BCUT2D eigenvalue weighted by atomic mass is 16.5. The highest BCUT2D eigenvalue weighted by Gasteiger charge is 2.05. The molecule has 1 aromatic carbocycles. The molecule has 1 unspecified atom stereocenters. The monoisotopic (exact) mass is 250 g/mol. The lowest BCUT2D eigenvalue weighted by Gasteiger charge is -2.09. The average Bonchev–Trinajstić information content (AvgIpc) is 2.30. The van der Waals surface area contributed by atoms with E-state index in [2.05, 4.69) is 11.4 Å². The molecule has 0 saturated carbocycles. The van der Waals surface area contributed by atoms with E-state index >= 15 is 0 Å². The predicted molar refractivity (Wildman–Crippen MR) is 72.7 cm³/mol. The number of aryl methyl sites for hydroxylation is 1. The number of ether oxygens (including phenoxy) is 1. The van der Waals surface area contributed by atoms with Crippen molar-refractivity contribution < 1.29 is 9.53 Å². The Morgan fingerprint density at radius 2 is 2.22 bits per heavy atom. The van der Waals surface area contributed by atoms with Crippen LogP contribution < -0.4 is 15.8 Å². The lowest BCUT2D eigenvalue weighted by molar-refractivity contribution is -0.121. The van der Waals surface area contributed by atoms with Gasteiger partial charge in [0.2, 0.25) is 5.91 Å². The van der Waals surface area contributed by atoms with Crippen molar-refractivity contribution in [3.8, 4) is 5.75 Å². The van der Waals surface area contributed by atoms with Crippen LogP contribution in [0.2, 0.25) is 0 Å². The van der Waals surface area contributed by atoms with Crippen LogP contribution in [0.4, 0.5) is 0 Å². The lowest BCUT2D eigenvalue weighted by Crippen LogP contribution is -2.31. The molecule has 18 heavy (non-hydrogen) atoms. The van der Waals surface area contributed by atoms with Gasteiger partial charge in [-0.3, -0.25) is 4.79 Å². The molecule has 0 aromatic heterocycles. The molecule has 1 aromatic rings. The van der Waals surface area contributed by atoms with Crippen LogP contribution in [0.5, 0.6) is 5.75 Å². The Bertz CT molecular complexity index is 403. The largest absolute Gasteiger partial charge is 0.496 e. The van der Waals surface area contributed by atoms with Crippen molar-refractivity contribution in [1.29, 1.82) is 0 Å². The van der Waals surface area contributed by atoms with Gasteiger partial charge in [0, 0.05) is 19.0 Å². The lowest BCUT2D eigenvalue weighted by atomic mass is 10.1. The van der Waals surface area contributed by atoms with Gasteiger partial charge in [0.05, 0.1) is 7.11 Å². The molecule has 0 radical (unpaired) electrons. The number of carbonyl (C=O) groups excluding carboxylic acids is 1. The van der Waals surface area contributed by atoms with Crippen molar-refractivity contribution in [2.24, 2.45) is 5.73 Å². The molecule has 0 heterocycles. The van der Waals surface area contributed by atoms with E-state index in [-0.39, 0.29) is 11.9 Å². The maximum atomic E-state index is 11.4. The zero-order valence-corrected chi connectivity index (χ0v) is 11.3. The molecule has 1 atom stereocenters. The summed E-state index contributed by atoms with van der Waals surface area (Å²) in [5.41, 5.74) is 7.82. The Morgan fingerprint density at radius 1 is 1.50 bits per heavy atom. The highest BCUT2D eigenvalue weighted by Crippen LogP contribution is 2.18. The SMILES string of the molecule is COc1cc(CCNC(=O)CC(C)N)ccc1C. The Balaban J connectivity index is 2.42. The van der Waals surface area contributed by atoms with Crippen LogP contribution in [-0.2, 0) is 11.2 Å². The normalized spacial score (nSPS) is 12.0. The zero-order chi connectivity index (χ0) is 13.5. The molecule has 1 amide bonds. The van der Waals surface area contributed by atoms with E-state index in [1.165, 1.54) is 0 Å². The Kier molecular flexibility index (Phi) is 5.65. The van der Waals surface area contributed by atoms with Gasteiger partial charge in [-0.25, -0.2) is 0 Å². The number of rotatable bonds is 6. The third kappa shape index (κ3) is 4.75. The molecule has 0 saturated heterocycles. The zero-order valence-electron chi connectivity index (χ0n) is 11.3. The summed E-state index contributed by atoms with van der Waals surface area (Å²) >= 11 is 0. The first-order valence-corrected chi connectivity index (χ1v) is 6.18. The van der Waals surface area contributed by atoms with E-state index in [9.17, 15) is 4.79 Å². The maximum Gasteiger partial charge on any atom is 0.221 e. The number of benzene rings is 1. The minimum absolute atomic E-state index is 0.00377. The van der Waals surface area contributed by atoms with Gasteiger partial charge in [-0.05, 0) is 37.5 Å². The fourth-order valence-electron chi connectivity index (χ4n) is 1.73. The molecule has 1 rings (SSSR count). The third-order valence-corrected chi connectivity index (χ3v) is 2.72. The molecular weight excluding hydrogens is 228 g/mol. The van der Waals surface area contributed by atoms with Crippen molar-refractivity contribution in [3.63, 3.8) is 0 Å². The van der Waals surface area contributed by atoms with Crippen molar-refractivity contribution in [2.75, 3.05) is 13.7 Å². The summed E-state index contributed by atoms with van der Waals surface area (Å²) in [5, 5.41) is 2.85. The summed E-state index contributed by atoms with van der Waals surface area (Å²) in [6.45, 7) is 4.45. The second-order valence-corrected chi connectivity index (χ2v) is 4.59. The molecule has 100 valence electrons. The van der Waals surface area contributed by atoms with Crippen LogP contribution in [-0.4, -0.2) is 25.6 Å². The predicted octanol–water partition coefficient (Wildman–Crippen LogP) is 1.40. The molecule has 0 aliphatic carbocycles. The number of nitrogens with one attached hydrogen (secondary N) is 1. The first-order valence-electron chi connectivity index (χ1n) is 6.18. The number of hydrogen-bond acceptors (Lipinski definition) is 3. The molecule has 0 fully saturated rings. The first-order chi connectivity index (χ1) is 8.52. The van der Waals surface area contributed by atoms with E-state index in [0.717, 1.165) is 23.3 Å². The molecule has 4 heteroatoms. The fourth-order valence-corrected chi connectivity index (χ4v) is 1.73. The average molecular weight is 250 g/mol. The van der Waals surface area contributed by atoms with Crippen LogP contribution in [0, 0.1) is 6.92 Å². The Hall–Kier alpha value is -1.55. The number of amides is 1. The van der Waals surface area contributed by atoms with Crippen LogP contribution in [0.3, 0.4) is 0 Å². The summed E-state index contributed by atoms with van der Waals surface area (Å²) < 4.78 is 5.26. The second-order valence-electron chi connectivity index (χ2n) is 4.59. The molecule has 0 aliphatic heterocycles. The van der Waals surface area contributed by atoms with E-state index in [0.29, 0.717) is 13.0 Å². The molecule has 0 spiro atoms. The van der Waals surface area contributed by atoms with E-state index in [1.54, 1.807) is 7.11 Å². The second kappa shape index (κ2) is 7.01. The quantitative estimate of drug-likeness (QED) is 0.802. The van der Waals surface area contributed by atoms with Gasteiger partial charge in [-0.1, -0.05) is 12.1 Å². The topological polar surface area (TPSA) is 64.3 Å². The van der Waals surface area contributed by atoms with Crippen LogP contribution in [0.1, 0.15) is 24.5 Å². The van der Waals surface area contributed by atoms with Crippen molar-refractivity contribution in [1.82, 2.24) is 5.32 Å². The first kappa shape index (κ1) is 14.5. The van der Waals surface area contributed by atoms with Crippen molar-refractivity contribution in [2.45, 2.75) is 32.7 Å². The maximum absolute atomic E-state index is 11.4. The molecule has 0 bridgehead atoms. The molecule has 4 nitrogen and oxygen atoms in total. The smallest absolute Gasteiger partial charge is 0.221 e. The van der Waals surface area contributed by atoms with Crippen molar-refractivity contribution >= 4 is 5.91 Å². The molecular formula is C14H22N2O2. The molecule has 3 N–H and O–H groups in total. The van der Waals surface area contributed by atoms with Crippen LogP contribution in [0.25, 0.3) is 0 Å². The highest BCUT2D eigenvalue weighted by molar-refractivity contribution is 5.76. The third-order valence-electron chi connectivity index (χ3n) is 2.72. The van der Waals surface area contributed by atoms with E-state index in [4.69, 9.17) is 10.5 Å². The van der Waals surface area contributed by atoms with Gasteiger partial charge in [0.25, 0.3) is 0 Å². The number of methoxy groups -OCH3 is 1. The van der Waals surface area contributed by atoms with Gasteiger partial charge < -0.3 is 15.8 Å². The van der Waals surface area contributed by atoms with E-state index < -0.39 is 0 Å². The minimum atomic E-state index is -0.0931.